The highest BCUT2D eigenvalue weighted by Crippen LogP contribution is 2.46. The van der Waals surface area contributed by atoms with Crippen LogP contribution in [-0.4, -0.2) is 52.7 Å². The predicted molar refractivity (Wildman–Crippen MR) is 81.5 cm³/mol. The Morgan fingerprint density at radius 3 is 2.58 bits per heavy atom. The fraction of sp³-hybridized carbons (Fsp3) is 0.588. The Balaban J connectivity index is 1.50. The monoisotopic (exact) mass is 335 g/mol. The third-order valence-corrected chi connectivity index (χ3v) is 5.77. The van der Waals surface area contributed by atoms with Crippen LogP contribution in [0.1, 0.15) is 41.7 Å². The van der Waals surface area contributed by atoms with Crippen LogP contribution in [0.15, 0.2) is 18.3 Å². The van der Waals surface area contributed by atoms with Crippen molar-refractivity contribution in [2.45, 2.75) is 37.1 Å². The average molecular weight is 335 g/mol. The quantitative estimate of drug-likeness (QED) is 0.789. The summed E-state index contributed by atoms with van der Waals surface area (Å²) >= 11 is 0. The van der Waals surface area contributed by atoms with E-state index in [2.05, 4.69) is 4.98 Å². The van der Waals surface area contributed by atoms with E-state index in [4.69, 9.17) is 0 Å². The highest BCUT2D eigenvalue weighted by Gasteiger charge is 2.53. The molecule has 0 N–H and O–H groups in total. The van der Waals surface area contributed by atoms with Gasteiger partial charge in [0.2, 0.25) is 11.8 Å². The second-order valence-corrected chi connectivity index (χ2v) is 7.08. The van der Waals surface area contributed by atoms with Crippen molar-refractivity contribution in [2.75, 3.05) is 20.1 Å². The molecule has 1 saturated carbocycles. The van der Waals surface area contributed by atoms with Gasteiger partial charge in [-0.1, -0.05) is 0 Å². The lowest BCUT2D eigenvalue weighted by atomic mass is 9.79. The number of aromatic nitrogens is 1. The predicted octanol–water partition coefficient (Wildman–Crippen LogP) is 2.03. The van der Waals surface area contributed by atoms with E-state index in [1.165, 1.54) is 0 Å². The Kier molecular flexibility index (Phi) is 3.21. The van der Waals surface area contributed by atoms with Crippen molar-refractivity contribution in [2.24, 2.45) is 5.92 Å². The molecule has 4 rings (SSSR count). The number of piperidine rings is 1. The number of nitrogens with zero attached hydrogens (tertiary/aromatic N) is 3. The second-order valence-electron chi connectivity index (χ2n) is 7.08. The van der Waals surface area contributed by atoms with Crippen LogP contribution >= 0.6 is 0 Å². The largest absolute Gasteiger partial charge is 0.342 e. The summed E-state index contributed by atoms with van der Waals surface area (Å²) in [4.78, 5) is 32.6. The molecule has 0 bridgehead atoms. The molecule has 0 radical (unpaired) electrons. The van der Waals surface area contributed by atoms with Crippen LogP contribution in [-0.2, 0) is 10.3 Å². The van der Waals surface area contributed by atoms with E-state index in [9.17, 15) is 18.4 Å². The molecule has 1 spiro atoms. The van der Waals surface area contributed by atoms with Gasteiger partial charge < -0.3 is 9.80 Å². The first-order valence-corrected chi connectivity index (χ1v) is 8.24. The number of halogens is 2. The van der Waals surface area contributed by atoms with E-state index >= 15 is 0 Å². The van der Waals surface area contributed by atoms with Crippen LogP contribution in [0.4, 0.5) is 8.78 Å². The number of hydrogen-bond donors (Lipinski definition) is 0. The standard InChI is InChI=1S/C17H19F2N3O2/c1-21-15(24)12-3-2-6-20-13(12)16(21)4-7-22(8-5-16)14(23)11-9-17(18,19)10-11/h2-3,6,11H,4-5,7-10H2,1H3. The maximum atomic E-state index is 13.0. The molecule has 3 aliphatic rings. The van der Waals surface area contributed by atoms with Crippen molar-refractivity contribution < 1.29 is 18.4 Å². The van der Waals surface area contributed by atoms with Crippen molar-refractivity contribution in [1.29, 1.82) is 0 Å². The molecule has 2 amide bonds. The molecule has 1 aliphatic carbocycles. The number of rotatable bonds is 1. The van der Waals surface area contributed by atoms with Crippen molar-refractivity contribution in [3.8, 4) is 0 Å². The highest BCUT2D eigenvalue weighted by molar-refractivity contribution is 5.99. The summed E-state index contributed by atoms with van der Waals surface area (Å²) in [6.07, 6.45) is 2.19. The molecule has 1 aromatic rings. The molecule has 0 atom stereocenters. The molecule has 2 fully saturated rings. The van der Waals surface area contributed by atoms with Gasteiger partial charge in [-0.05, 0) is 25.0 Å². The third-order valence-electron chi connectivity index (χ3n) is 5.77. The molecule has 3 heterocycles. The van der Waals surface area contributed by atoms with Gasteiger partial charge in [0.15, 0.2) is 0 Å². The normalized spacial score (nSPS) is 24.9. The molecular weight excluding hydrogens is 316 g/mol. The molecule has 2 aliphatic heterocycles. The molecule has 0 aromatic carbocycles. The first kappa shape index (κ1) is 15.5. The van der Waals surface area contributed by atoms with Gasteiger partial charge in [-0.3, -0.25) is 14.6 Å². The molecule has 1 aromatic heterocycles. The van der Waals surface area contributed by atoms with E-state index in [1.807, 2.05) is 0 Å². The number of carbonyl (C=O) groups is 2. The van der Waals surface area contributed by atoms with Gasteiger partial charge in [0.25, 0.3) is 5.91 Å². The minimum Gasteiger partial charge on any atom is -0.342 e. The SMILES string of the molecule is CN1C(=O)c2cccnc2C12CCN(C(=O)C1CC(F)(F)C1)CC2. The number of pyridine rings is 1. The van der Waals surface area contributed by atoms with Crippen LogP contribution in [0, 0.1) is 5.92 Å². The van der Waals surface area contributed by atoms with Crippen molar-refractivity contribution in [3.63, 3.8) is 0 Å². The molecule has 7 heteroatoms. The Labute approximate surface area is 138 Å². The Morgan fingerprint density at radius 2 is 1.96 bits per heavy atom. The lowest BCUT2D eigenvalue weighted by Crippen LogP contribution is -2.54. The summed E-state index contributed by atoms with van der Waals surface area (Å²) in [6, 6.07) is 3.53. The Hall–Kier alpha value is -2.05. The third kappa shape index (κ3) is 2.06. The van der Waals surface area contributed by atoms with E-state index in [0.29, 0.717) is 31.5 Å². The van der Waals surface area contributed by atoms with E-state index in [-0.39, 0.29) is 24.7 Å². The summed E-state index contributed by atoms with van der Waals surface area (Å²) in [5.41, 5.74) is 0.923. The van der Waals surface area contributed by atoms with E-state index < -0.39 is 17.4 Å². The van der Waals surface area contributed by atoms with Crippen LogP contribution < -0.4 is 0 Å². The van der Waals surface area contributed by atoms with Gasteiger partial charge in [-0.2, -0.15) is 0 Å². The fourth-order valence-corrected chi connectivity index (χ4v) is 4.25. The maximum Gasteiger partial charge on any atom is 0.256 e. The number of fused-ring (bicyclic) bond motifs is 2. The molecule has 128 valence electrons. The van der Waals surface area contributed by atoms with Gasteiger partial charge >= 0.3 is 0 Å². The molecular formula is C17H19F2N3O2. The fourth-order valence-electron chi connectivity index (χ4n) is 4.25. The van der Waals surface area contributed by atoms with Crippen molar-refractivity contribution >= 4 is 11.8 Å². The molecule has 24 heavy (non-hydrogen) atoms. The number of alkyl halides is 2. The van der Waals surface area contributed by atoms with Crippen LogP contribution in [0.25, 0.3) is 0 Å². The maximum absolute atomic E-state index is 13.0. The highest BCUT2D eigenvalue weighted by atomic mass is 19.3. The second kappa shape index (κ2) is 4.97. The van der Waals surface area contributed by atoms with Gasteiger partial charge in [-0.15, -0.1) is 0 Å². The van der Waals surface area contributed by atoms with Gasteiger partial charge in [0, 0.05) is 45.1 Å². The molecule has 5 nitrogen and oxygen atoms in total. The molecule has 0 unspecified atom stereocenters. The summed E-state index contributed by atoms with van der Waals surface area (Å²) in [7, 11) is 1.77. The number of likely N-dealkylation sites (tertiary alicyclic amines) is 1. The number of hydrogen-bond acceptors (Lipinski definition) is 3. The van der Waals surface area contributed by atoms with Crippen LogP contribution in [0.2, 0.25) is 0 Å². The number of carbonyl (C=O) groups excluding carboxylic acids is 2. The lowest BCUT2D eigenvalue weighted by Gasteiger charge is -2.45. The Bertz CT molecular complexity index is 706. The van der Waals surface area contributed by atoms with Crippen LogP contribution in [0.3, 0.4) is 0 Å². The minimum atomic E-state index is -2.68. The van der Waals surface area contributed by atoms with Crippen molar-refractivity contribution in [1.82, 2.24) is 14.8 Å². The first-order chi connectivity index (χ1) is 11.3. The summed E-state index contributed by atoms with van der Waals surface area (Å²) in [6.45, 7) is 0.934. The smallest absolute Gasteiger partial charge is 0.256 e. The van der Waals surface area contributed by atoms with E-state index in [1.54, 1.807) is 35.2 Å². The number of amides is 2. The lowest BCUT2D eigenvalue weighted by molar-refractivity contribution is -0.161. The van der Waals surface area contributed by atoms with Crippen LogP contribution in [0.5, 0.6) is 0 Å². The van der Waals surface area contributed by atoms with Crippen molar-refractivity contribution in [3.05, 3.63) is 29.6 Å². The first-order valence-electron chi connectivity index (χ1n) is 8.24. The molecule has 1 saturated heterocycles. The van der Waals surface area contributed by atoms with Gasteiger partial charge in [0.05, 0.1) is 16.8 Å². The summed E-state index contributed by atoms with van der Waals surface area (Å²) in [5.74, 6) is -3.46. The van der Waals surface area contributed by atoms with Gasteiger partial charge in [0.1, 0.15) is 0 Å². The summed E-state index contributed by atoms with van der Waals surface area (Å²) < 4.78 is 26.0. The minimum absolute atomic E-state index is 0.0449. The summed E-state index contributed by atoms with van der Waals surface area (Å²) in [5, 5.41) is 0. The zero-order valence-corrected chi connectivity index (χ0v) is 13.5. The zero-order chi connectivity index (χ0) is 17.1. The van der Waals surface area contributed by atoms with E-state index in [0.717, 1.165) is 5.69 Å². The topological polar surface area (TPSA) is 53.5 Å². The van der Waals surface area contributed by atoms with Gasteiger partial charge in [-0.25, -0.2) is 8.78 Å². The average Bonchev–Trinajstić information content (AvgIpc) is 2.76. The Morgan fingerprint density at radius 1 is 1.29 bits per heavy atom. The zero-order valence-electron chi connectivity index (χ0n) is 13.5.